The highest BCUT2D eigenvalue weighted by Gasteiger charge is 2.46. The van der Waals surface area contributed by atoms with Gasteiger partial charge in [-0.2, -0.15) is 0 Å². The van der Waals surface area contributed by atoms with Crippen molar-refractivity contribution in [3.05, 3.63) is 335 Å². The minimum absolute atomic E-state index is 0.128. The molecule has 96 heavy (non-hydrogen) atoms. The summed E-state index contributed by atoms with van der Waals surface area (Å²) in [4.78, 5) is 5.03. The van der Waals surface area contributed by atoms with Gasteiger partial charge in [0.2, 0.25) is 0 Å². The van der Waals surface area contributed by atoms with Crippen molar-refractivity contribution < 1.29 is 0 Å². The predicted molar refractivity (Wildman–Crippen MR) is 407 cm³/mol. The van der Waals surface area contributed by atoms with E-state index in [-0.39, 0.29) is 23.7 Å². The first kappa shape index (κ1) is 57.0. The van der Waals surface area contributed by atoms with Crippen LogP contribution >= 0.6 is 0 Å². The molecule has 0 aromatic heterocycles. The maximum atomic E-state index is 2.64. The van der Waals surface area contributed by atoms with Crippen LogP contribution in [0.1, 0.15) is 112 Å². The molecule has 4 aliphatic carbocycles. The predicted octanol–water partition coefficient (Wildman–Crippen LogP) is 25.9. The van der Waals surface area contributed by atoms with Gasteiger partial charge in [-0.25, -0.2) is 0 Å². The van der Waals surface area contributed by atoms with E-state index in [1.165, 1.54) is 132 Å². The summed E-state index contributed by atoms with van der Waals surface area (Å²) in [6.07, 6.45) is 10.2. The fraction of sp³-hybridized carbons (Fsp3) is 0.170. The molecule has 0 fully saturated rings. The first-order chi connectivity index (χ1) is 46.8. The van der Waals surface area contributed by atoms with E-state index < -0.39 is 10.8 Å². The van der Waals surface area contributed by atoms with Gasteiger partial charge in [0.05, 0.1) is 0 Å². The molecule has 8 atom stereocenters. The van der Waals surface area contributed by atoms with E-state index in [0.29, 0.717) is 11.8 Å². The lowest BCUT2D eigenvalue weighted by Gasteiger charge is -2.46. The molecule has 0 saturated heterocycles. The Labute approximate surface area is 564 Å². The number of anilines is 6. The molecule has 4 heterocycles. The number of hydrogen-bond donors (Lipinski definition) is 0. The van der Waals surface area contributed by atoms with E-state index in [0.717, 1.165) is 34.1 Å². The van der Waals surface area contributed by atoms with Gasteiger partial charge in [0.25, 0.3) is 0 Å². The Morgan fingerprint density at radius 2 is 0.667 bits per heavy atom. The summed E-state index contributed by atoms with van der Waals surface area (Å²) >= 11 is 0. The Morgan fingerprint density at radius 1 is 0.281 bits per heavy atom. The van der Waals surface area contributed by atoms with Crippen LogP contribution in [-0.2, 0) is 10.8 Å². The zero-order valence-corrected chi connectivity index (χ0v) is 55.9. The Hall–Kier alpha value is -10.5. The molecule has 21 rings (SSSR count). The smallest absolute Gasteiger partial charge is 0.0470 e. The summed E-state index contributed by atoms with van der Waals surface area (Å²) in [7, 11) is 0. The third-order valence-electron chi connectivity index (χ3n) is 23.9. The molecule has 0 radical (unpaired) electrons. The second kappa shape index (κ2) is 21.0. The van der Waals surface area contributed by atoms with E-state index in [2.05, 4.69) is 344 Å². The monoisotopic (exact) mass is 1230 g/mol. The van der Waals surface area contributed by atoms with Crippen LogP contribution in [0, 0.1) is 11.8 Å². The molecule has 0 saturated carbocycles. The zero-order chi connectivity index (χ0) is 64.6. The van der Waals surface area contributed by atoms with Gasteiger partial charge in [-0.3, -0.25) is 0 Å². The fourth-order valence-electron chi connectivity index (χ4n) is 19.4. The highest BCUT2D eigenvalue weighted by molar-refractivity contribution is 6.32. The van der Waals surface area contributed by atoms with Crippen LogP contribution in [0.15, 0.2) is 301 Å². The van der Waals surface area contributed by atoms with Gasteiger partial charge in [0.1, 0.15) is 0 Å². The van der Waals surface area contributed by atoms with Crippen LogP contribution in [0.4, 0.5) is 34.1 Å². The number of benzene rings is 13. The first-order valence-corrected chi connectivity index (χ1v) is 35.0. The number of para-hydroxylation sites is 2. The third kappa shape index (κ3) is 8.18. The molecule has 2 heteroatoms. The van der Waals surface area contributed by atoms with E-state index >= 15 is 0 Å². The number of allylic oxidation sites excluding steroid dienone is 8. The van der Waals surface area contributed by atoms with Crippen LogP contribution in [0.25, 0.3) is 87.6 Å². The van der Waals surface area contributed by atoms with E-state index in [1.54, 1.807) is 11.1 Å². The first-order valence-electron chi connectivity index (χ1n) is 35.0. The zero-order valence-electron chi connectivity index (χ0n) is 55.9. The molecule has 0 N–H and O–H groups in total. The second-order valence-corrected chi connectivity index (χ2v) is 29.2. The highest BCUT2D eigenvalue weighted by Crippen LogP contribution is 2.61. The van der Waals surface area contributed by atoms with Crippen molar-refractivity contribution in [3.8, 4) is 44.5 Å². The summed E-state index contributed by atoms with van der Waals surface area (Å²) in [5, 5.41) is 10.0. The summed E-state index contributed by atoms with van der Waals surface area (Å²) in [5.41, 5.74) is 30.4. The van der Waals surface area contributed by atoms with Gasteiger partial charge >= 0.3 is 0 Å². The third-order valence-corrected chi connectivity index (χ3v) is 23.9. The number of nitrogens with zero attached hydrogens (tertiary/aromatic N) is 2. The van der Waals surface area contributed by atoms with E-state index in [4.69, 9.17) is 0 Å². The fourth-order valence-corrected chi connectivity index (χ4v) is 19.4. The molecule has 8 aliphatic rings. The van der Waals surface area contributed by atoms with Gasteiger partial charge in [0.15, 0.2) is 0 Å². The topological polar surface area (TPSA) is 6.48 Å². The van der Waals surface area contributed by atoms with Crippen LogP contribution in [-0.4, -0.2) is 0 Å². The second-order valence-electron chi connectivity index (χ2n) is 29.2. The number of fused-ring (bicyclic) bond motifs is 2. The largest absolute Gasteiger partial charge is 0.310 e. The van der Waals surface area contributed by atoms with Crippen LogP contribution < -0.4 is 9.80 Å². The van der Waals surface area contributed by atoms with Crippen molar-refractivity contribution in [3.63, 3.8) is 0 Å². The van der Waals surface area contributed by atoms with Crippen molar-refractivity contribution in [1.29, 1.82) is 0 Å². The lowest BCUT2D eigenvalue weighted by Crippen LogP contribution is -2.35. The summed E-state index contributed by atoms with van der Waals surface area (Å²) in [6.45, 7) is 19.9. The Morgan fingerprint density at radius 3 is 1.07 bits per heavy atom. The van der Waals surface area contributed by atoms with Gasteiger partial charge in [-0.1, -0.05) is 247 Å². The van der Waals surface area contributed by atoms with Crippen molar-refractivity contribution >= 4 is 77.2 Å². The molecule has 2 nitrogen and oxygen atoms in total. The van der Waals surface area contributed by atoms with Crippen molar-refractivity contribution in [2.45, 2.75) is 89.9 Å². The minimum Gasteiger partial charge on any atom is -0.310 e. The van der Waals surface area contributed by atoms with Crippen molar-refractivity contribution in [2.24, 2.45) is 11.8 Å². The van der Waals surface area contributed by atoms with Crippen molar-refractivity contribution in [1.82, 2.24) is 0 Å². The average molecular weight is 1230 g/mol. The van der Waals surface area contributed by atoms with Crippen LogP contribution in [0.2, 0.25) is 0 Å². The summed E-state index contributed by atoms with van der Waals surface area (Å²) < 4.78 is 0. The van der Waals surface area contributed by atoms with E-state index in [9.17, 15) is 0 Å². The molecular formula is C94H76N2. The maximum absolute atomic E-state index is 2.64. The summed E-state index contributed by atoms with van der Waals surface area (Å²) in [5.74, 6) is 1.29. The Kier molecular flexibility index (Phi) is 12.4. The molecule has 13 aromatic carbocycles. The normalized spacial score (nSPS) is 22.7. The quantitative estimate of drug-likeness (QED) is 0.0984. The number of rotatable bonds is 4. The molecule has 18 bridgehead atoms. The average Bonchev–Trinajstić information content (AvgIpc) is 0.706. The highest BCUT2D eigenvalue weighted by atomic mass is 15.1. The standard InChI is InChI=1S/C94H76N2/c1-55-41-43-93(7)69-45-67(61-21-13-9-14-22-61)49-75(53-69)95(71-25-17-11-18-26-71)73-33-39-79-63(47-73)30-38-82-88-66-32-36-78-58(4)86-56(2)42-44-94(8,92(86)60(6)84(78)52-66)70-46-68(62-23-15-10-16-24-62)50-76(54-70)96(72-27-19-12-20-28-72)74-34-40-80-64(48-74)29-37-81(90(80)88)87(89(79)82)65-31-35-77-57(3)85(55)91(93)59(5)83(77)51-65/h9-60H,1-8H3. The summed E-state index contributed by atoms with van der Waals surface area (Å²) in [6, 6.07) is 99.0. The van der Waals surface area contributed by atoms with Gasteiger partial charge in [-0.05, 0) is 243 Å². The molecule has 462 valence electrons. The SMILES string of the molecule is CC1C=CC2(C)C3=C1C(C)c1ccc(cc1C3C)-c1c3ccc4cc5ccc4c3c(c3ccc4cc(ccc4c13)N(c1ccccc1)c1cc(-c3ccccc3)cc2c1)-c1ccc2c(c1)C(C)C1=C(C(C)C=CC1(C)c1cc(-c3ccccc3)cc(c1)N5c1ccccc1)C2C. The number of hydrogen-bond acceptors (Lipinski definition) is 2. The van der Waals surface area contributed by atoms with Gasteiger partial charge in [-0.15, -0.1) is 0 Å². The molecule has 4 aliphatic heterocycles. The molecule has 0 spiro atoms. The van der Waals surface area contributed by atoms with Crippen molar-refractivity contribution in [2.75, 3.05) is 9.80 Å². The molecule has 8 unspecified atom stereocenters. The lowest BCUT2D eigenvalue weighted by atomic mass is 9.58. The minimum atomic E-state index is -0.412. The van der Waals surface area contributed by atoms with Crippen LogP contribution in [0.3, 0.4) is 0 Å². The Balaban J connectivity index is 0.953. The van der Waals surface area contributed by atoms with Gasteiger partial charge in [0, 0.05) is 68.6 Å². The maximum Gasteiger partial charge on any atom is 0.0470 e. The Bertz CT molecular complexity index is 5260. The lowest BCUT2D eigenvalue weighted by molar-refractivity contribution is 0.539. The van der Waals surface area contributed by atoms with E-state index in [1.807, 2.05) is 0 Å². The van der Waals surface area contributed by atoms with Gasteiger partial charge < -0.3 is 9.80 Å². The molecular weight excluding hydrogens is 1160 g/mol. The molecule has 0 amide bonds. The molecule has 13 aromatic rings. The van der Waals surface area contributed by atoms with Crippen LogP contribution in [0.5, 0.6) is 0 Å².